The third-order valence-electron chi connectivity index (χ3n) is 3.22. The molecule has 0 bridgehead atoms. The van der Waals surface area contributed by atoms with E-state index in [0.29, 0.717) is 6.04 Å². The van der Waals surface area contributed by atoms with Gasteiger partial charge in [-0.2, -0.15) is 0 Å². The zero-order chi connectivity index (χ0) is 13.0. The number of benzene rings is 1. The molecule has 0 amide bonds. The lowest BCUT2D eigenvalue weighted by molar-refractivity contribution is 0.199. The monoisotopic (exact) mass is 299 g/mol. The van der Waals surface area contributed by atoms with Crippen LogP contribution in [-0.4, -0.2) is 17.7 Å². The maximum atomic E-state index is 9.85. The standard InChI is InChI=1S/C14H22BrNO/c1-5-10(3)16(6-2)14-9-12(15)7-8-13(14)11(4)17/h7-11,17H,5-6H2,1-4H3. The van der Waals surface area contributed by atoms with Crippen LogP contribution in [0.2, 0.25) is 0 Å². The van der Waals surface area contributed by atoms with Crippen molar-refractivity contribution in [3.05, 3.63) is 28.2 Å². The lowest BCUT2D eigenvalue weighted by Gasteiger charge is -2.32. The van der Waals surface area contributed by atoms with Crippen LogP contribution in [0.1, 0.15) is 45.8 Å². The van der Waals surface area contributed by atoms with Gasteiger partial charge in [-0.05, 0) is 39.3 Å². The van der Waals surface area contributed by atoms with Crippen LogP contribution in [0.3, 0.4) is 0 Å². The van der Waals surface area contributed by atoms with Gasteiger partial charge < -0.3 is 10.0 Å². The van der Waals surface area contributed by atoms with Gasteiger partial charge in [-0.25, -0.2) is 0 Å². The molecule has 1 rings (SSSR count). The molecule has 1 aromatic carbocycles. The molecule has 17 heavy (non-hydrogen) atoms. The number of aliphatic hydroxyl groups excluding tert-OH is 1. The number of nitrogens with zero attached hydrogens (tertiary/aromatic N) is 1. The summed E-state index contributed by atoms with van der Waals surface area (Å²) < 4.78 is 1.05. The number of rotatable bonds is 5. The minimum Gasteiger partial charge on any atom is -0.389 e. The SMILES string of the molecule is CCC(C)N(CC)c1cc(Br)ccc1C(C)O. The van der Waals surface area contributed by atoms with E-state index in [1.54, 1.807) is 0 Å². The lowest BCUT2D eigenvalue weighted by Crippen LogP contribution is -2.33. The Morgan fingerprint density at radius 1 is 1.29 bits per heavy atom. The van der Waals surface area contributed by atoms with E-state index >= 15 is 0 Å². The first-order valence-electron chi connectivity index (χ1n) is 6.25. The van der Waals surface area contributed by atoms with E-state index in [0.717, 1.165) is 28.7 Å². The van der Waals surface area contributed by atoms with Crippen molar-refractivity contribution in [3.63, 3.8) is 0 Å². The molecule has 2 nitrogen and oxygen atoms in total. The fourth-order valence-corrected chi connectivity index (χ4v) is 2.41. The van der Waals surface area contributed by atoms with Gasteiger partial charge in [-0.15, -0.1) is 0 Å². The first-order valence-corrected chi connectivity index (χ1v) is 7.04. The Bertz CT molecular complexity index is 365. The predicted molar refractivity (Wildman–Crippen MR) is 77.5 cm³/mol. The number of hydrogen-bond acceptors (Lipinski definition) is 2. The second-order valence-corrected chi connectivity index (χ2v) is 5.34. The summed E-state index contributed by atoms with van der Waals surface area (Å²) in [5.74, 6) is 0. The Kier molecular flexibility index (Phi) is 5.47. The van der Waals surface area contributed by atoms with Gasteiger partial charge in [-0.1, -0.05) is 28.9 Å². The summed E-state index contributed by atoms with van der Waals surface area (Å²) in [7, 11) is 0. The molecular weight excluding hydrogens is 278 g/mol. The topological polar surface area (TPSA) is 23.5 Å². The second-order valence-electron chi connectivity index (χ2n) is 4.42. The highest BCUT2D eigenvalue weighted by atomic mass is 79.9. The third-order valence-corrected chi connectivity index (χ3v) is 3.71. The summed E-state index contributed by atoms with van der Waals surface area (Å²) in [4.78, 5) is 2.34. The maximum Gasteiger partial charge on any atom is 0.0782 e. The van der Waals surface area contributed by atoms with E-state index in [-0.39, 0.29) is 0 Å². The van der Waals surface area contributed by atoms with Gasteiger partial charge in [0.15, 0.2) is 0 Å². The highest BCUT2D eigenvalue weighted by molar-refractivity contribution is 9.10. The van der Waals surface area contributed by atoms with Crippen molar-refractivity contribution in [1.29, 1.82) is 0 Å². The van der Waals surface area contributed by atoms with E-state index in [4.69, 9.17) is 0 Å². The molecule has 2 atom stereocenters. The van der Waals surface area contributed by atoms with Gasteiger partial charge >= 0.3 is 0 Å². The summed E-state index contributed by atoms with van der Waals surface area (Å²) in [6, 6.07) is 6.55. The van der Waals surface area contributed by atoms with Gasteiger partial charge in [0.2, 0.25) is 0 Å². The summed E-state index contributed by atoms with van der Waals surface area (Å²) >= 11 is 3.51. The number of halogens is 1. The van der Waals surface area contributed by atoms with Crippen LogP contribution >= 0.6 is 15.9 Å². The van der Waals surface area contributed by atoms with E-state index < -0.39 is 6.10 Å². The lowest BCUT2D eigenvalue weighted by atomic mass is 10.1. The highest BCUT2D eigenvalue weighted by Crippen LogP contribution is 2.31. The highest BCUT2D eigenvalue weighted by Gasteiger charge is 2.17. The minimum absolute atomic E-state index is 0.434. The van der Waals surface area contributed by atoms with E-state index in [2.05, 4.69) is 47.7 Å². The normalized spacial score (nSPS) is 14.5. The van der Waals surface area contributed by atoms with Crippen LogP contribution in [0.15, 0.2) is 22.7 Å². The molecule has 0 aliphatic heterocycles. The molecular formula is C14H22BrNO. The van der Waals surface area contributed by atoms with Crippen molar-refractivity contribution in [2.75, 3.05) is 11.4 Å². The van der Waals surface area contributed by atoms with Crippen molar-refractivity contribution >= 4 is 21.6 Å². The van der Waals surface area contributed by atoms with Crippen molar-refractivity contribution in [2.24, 2.45) is 0 Å². The molecule has 0 aromatic heterocycles. The molecule has 0 saturated heterocycles. The molecule has 2 unspecified atom stereocenters. The van der Waals surface area contributed by atoms with Crippen LogP contribution in [0.25, 0.3) is 0 Å². The number of hydrogen-bond donors (Lipinski definition) is 1. The molecule has 0 saturated carbocycles. The fourth-order valence-electron chi connectivity index (χ4n) is 2.06. The summed E-state index contributed by atoms with van der Waals surface area (Å²) in [5.41, 5.74) is 2.13. The second kappa shape index (κ2) is 6.41. The molecule has 1 N–H and O–H groups in total. The average Bonchev–Trinajstić information content (AvgIpc) is 2.29. The summed E-state index contributed by atoms with van der Waals surface area (Å²) in [6.07, 6.45) is 0.663. The van der Waals surface area contributed by atoms with Crippen LogP contribution < -0.4 is 4.90 Å². The van der Waals surface area contributed by atoms with Gasteiger partial charge in [0, 0.05) is 28.3 Å². The van der Waals surface area contributed by atoms with Crippen molar-refractivity contribution in [3.8, 4) is 0 Å². The number of aliphatic hydroxyl groups is 1. The number of anilines is 1. The molecule has 0 radical (unpaired) electrons. The Morgan fingerprint density at radius 2 is 1.94 bits per heavy atom. The molecule has 0 aliphatic carbocycles. The summed E-state index contributed by atoms with van der Waals surface area (Å²) in [6.45, 7) is 9.32. The first kappa shape index (κ1) is 14.5. The summed E-state index contributed by atoms with van der Waals surface area (Å²) in [5, 5.41) is 9.85. The van der Waals surface area contributed by atoms with Gasteiger partial charge in [0.25, 0.3) is 0 Å². The third kappa shape index (κ3) is 3.46. The van der Waals surface area contributed by atoms with Crippen LogP contribution in [0.5, 0.6) is 0 Å². The van der Waals surface area contributed by atoms with Crippen molar-refractivity contribution in [1.82, 2.24) is 0 Å². The Balaban J connectivity index is 3.20. The minimum atomic E-state index is -0.434. The Hall–Kier alpha value is -0.540. The molecule has 0 fully saturated rings. The fraction of sp³-hybridized carbons (Fsp3) is 0.571. The first-order chi connectivity index (χ1) is 8.01. The Morgan fingerprint density at radius 3 is 2.41 bits per heavy atom. The quantitative estimate of drug-likeness (QED) is 0.884. The van der Waals surface area contributed by atoms with E-state index in [1.165, 1.54) is 0 Å². The van der Waals surface area contributed by atoms with Gasteiger partial charge in [-0.3, -0.25) is 0 Å². The molecule has 96 valence electrons. The van der Waals surface area contributed by atoms with Crippen LogP contribution in [-0.2, 0) is 0 Å². The van der Waals surface area contributed by atoms with Gasteiger partial charge in [0.1, 0.15) is 0 Å². The molecule has 1 aromatic rings. The van der Waals surface area contributed by atoms with Gasteiger partial charge in [0.05, 0.1) is 6.10 Å². The van der Waals surface area contributed by atoms with E-state index in [9.17, 15) is 5.11 Å². The average molecular weight is 300 g/mol. The van der Waals surface area contributed by atoms with Crippen LogP contribution in [0.4, 0.5) is 5.69 Å². The smallest absolute Gasteiger partial charge is 0.0782 e. The Labute approximate surface area is 113 Å². The zero-order valence-electron chi connectivity index (χ0n) is 11.1. The molecule has 0 aliphatic rings. The van der Waals surface area contributed by atoms with Crippen molar-refractivity contribution < 1.29 is 5.11 Å². The predicted octanol–water partition coefficient (Wildman–Crippen LogP) is 4.13. The van der Waals surface area contributed by atoms with E-state index in [1.807, 2.05) is 19.1 Å². The zero-order valence-corrected chi connectivity index (χ0v) is 12.7. The molecule has 0 heterocycles. The molecule has 3 heteroatoms. The molecule has 0 spiro atoms. The largest absolute Gasteiger partial charge is 0.389 e. The van der Waals surface area contributed by atoms with Crippen LogP contribution in [0, 0.1) is 0 Å². The van der Waals surface area contributed by atoms with Crippen molar-refractivity contribution in [2.45, 2.75) is 46.3 Å². The maximum absolute atomic E-state index is 9.85.